The van der Waals surface area contributed by atoms with Crippen LogP contribution < -0.4 is 0 Å². The summed E-state index contributed by atoms with van der Waals surface area (Å²) in [5.74, 6) is -0.953. The second kappa shape index (κ2) is 41.9. The van der Waals surface area contributed by atoms with Crippen molar-refractivity contribution in [2.45, 2.75) is 238 Å². The second-order valence-electron chi connectivity index (χ2n) is 15.8. The van der Waals surface area contributed by atoms with E-state index >= 15 is 0 Å². The van der Waals surface area contributed by atoms with Crippen LogP contribution in [0.25, 0.3) is 0 Å². The molecular formula is C45H87O10P. The lowest BCUT2D eigenvalue weighted by atomic mass is 10.0. The average molecular weight is 819 g/mol. The van der Waals surface area contributed by atoms with Crippen molar-refractivity contribution in [3.63, 3.8) is 0 Å². The van der Waals surface area contributed by atoms with E-state index in [4.69, 9.17) is 19.1 Å². The number of allylic oxidation sites excluding steroid dienone is 2. The van der Waals surface area contributed by atoms with E-state index in [0.717, 1.165) is 32.1 Å². The molecule has 0 aliphatic heterocycles. The van der Waals surface area contributed by atoms with Gasteiger partial charge in [0.25, 0.3) is 0 Å². The van der Waals surface area contributed by atoms with Crippen LogP contribution >= 0.6 is 7.82 Å². The molecule has 0 spiro atoms. The van der Waals surface area contributed by atoms with E-state index in [1.807, 2.05) is 0 Å². The largest absolute Gasteiger partial charge is 0.472 e. The van der Waals surface area contributed by atoms with Gasteiger partial charge in [0, 0.05) is 12.8 Å². The van der Waals surface area contributed by atoms with E-state index in [-0.39, 0.29) is 19.4 Å². The molecule has 3 N–H and O–H groups in total. The van der Waals surface area contributed by atoms with Gasteiger partial charge in [-0.25, -0.2) is 4.57 Å². The number of esters is 2. The SMILES string of the molecule is CCCCCCCCCCCCCCCCCCCC/C=C/CCCC(=O)O[C@H](COC(=O)CCCCCCCCCCCC)COP(=O)(O)OC[C@@H](O)CO. The number of hydrogen-bond acceptors (Lipinski definition) is 9. The zero-order valence-corrected chi connectivity index (χ0v) is 37.0. The summed E-state index contributed by atoms with van der Waals surface area (Å²) < 4.78 is 32.7. The smallest absolute Gasteiger partial charge is 0.462 e. The minimum absolute atomic E-state index is 0.141. The van der Waals surface area contributed by atoms with Crippen LogP contribution in [0.4, 0.5) is 0 Å². The molecule has 0 aromatic carbocycles. The Bertz CT molecular complexity index is 946. The zero-order valence-electron chi connectivity index (χ0n) is 36.1. The second-order valence-corrected chi connectivity index (χ2v) is 17.2. The molecule has 11 heteroatoms. The van der Waals surface area contributed by atoms with Crippen LogP contribution in [0.1, 0.15) is 226 Å². The molecule has 56 heavy (non-hydrogen) atoms. The summed E-state index contributed by atoms with van der Waals surface area (Å²) in [6, 6.07) is 0. The fraction of sp³-hybridized carbons (Fsp3) is 0.911. The Morgan fingerprint density at radius 2 is 0.893 bits per heavy atom. The van der Waals surface area contributed by atoms with Crippen LogP contribution in [-0.4, -0.2) is 65.7 Å². The van der Waals surface area contributed by atoms with Crippen molar-refractivity contribution in [1.82, 2.24) is 0 Å². The number of carbonyl (C=O) groups excluding carboxylic acids is 2. The third-order valence-electron chi connectivity index (χ3n) is 10.2. The number of aliphatic hydroxyl groups is 2. The molecule has 0 aromatic rings. The molecule has 3 atom stereocenters. The summed E-state index contributed by atoms with van der Waals surface area (Å²) in [4.78, 5) is 34.9. The van der Waals surface area contributed by atoms with Crippen molar-refractivity contribution < 1.29 is 47.8 Å². The summed E-state index contributed by atoms with van der Waals surface area (Å²) in [6.07, 6.45) is 40.6. The molecule has 0 radical (unpaired) electrons. The van der Waals surface area contributed by atoms with Gasteiger partial charge in [-0.15, -0.1) is 0 Å². The topological polar surface area (TPSA) is 149 Å². The molecule has 0 saturated carbocycles. The normalized spacial score (nSPS) is 13.9. The first-order chi connectivity index (χ1) is 27.2. The highest BCUT2D eigenvalue weighted by molar-refractivity contribution is 7.47. The van der Waals surface area contributed by atoms with Gasteiger partial charge in [-0.1, -0.05) is 193 Å². The number of carbonyl (C=O) groups is 2. The monoisotopic (exact) mass is 819 g/mol. The van der Waals surface area contributed by atoms with Crippen molar-refractivity contribution in [2.24, 2.45) is 0 Å². The van der Waals surface area contributed by atoms with Gasteiger partial charge in [-0.3, -0.25) is 18.6 Å². The molecule has 0 aliphatic rings. The number of aliphatic hydroxyl groups excluding tert-OH is 2. The Labute approximate surface area is 343 Å². The maximum absolute atomic E-state index is 12.6. The average Bonchev–Trinajstić information content (AvgIpc) is 3.19. The Morgan fingerprint density at radius 1 is 0.518 bits per heavy atom. The number of hydrogen-bond donors (Lipinski definition) is 3. The fourth-order valence-corrected chi connectivity index (χ4v) is 7.38. The molecule has 1 unspecified atom stereocenters. The minimum Gasteiger partial charge on any atom is -0.462 e. The number of ether oxygens (including phenoxy) is 2. The molecule has 0 aliphatic carbocycles. The van der Waals surface area contributed by atoms with E-state index in [9.17, 15) is 24.2 Å². The van der Waals surface area contributed by atoms with Crippen molar-refractivity contribution in [3.8, 4) is 0 Å². The van der Waals surface area contributed by atoms with Gasteiger partial charge in [-0.2, -0.15) is 0 Å². The van der Waals surface area contributed by atoms with Crippen LogP contribution in [0.15, 0.2) is 12.2 Å². The molecule has 0 bridgehead atoms. The molecule has 0 saturated heterocycles. The molecule has 0 fully saturated rings. The van der Waals surface area contributed by atoms with Gasteiger partial charge >= 0.3 is 19.8 Å². The lowest BCUT2D eigenvalue weighted by Gasteiger charge is -2.20. The highest BCUT2D eigenvalue weighted by Gasteiger charge is 2.27. The van der Waals surface area contributed by atoms with E-state index in [1.165, 1.54) is 154 Å². The summed E-state index contributed by atoms with van der Waals surface area (Å²) in [5, 5.41) is 18.3. The first-order valence-electron chi connectivity index (χ1n) is 23.1. The number of rotatable bonds is 44. The van der Waals surface area contributed by atoms with Crippen LogP contribution in [-0.2, 0) is 32.7 Å². The maximum atomic E-state index is 12.6. The van der Waals surface area contributed by atoms with Gasteiger partial charge in [-0.05, 0) is 32.1 Å². The molecule has 0 heterocycles. The van der Waals surface area contributed by atoms with Crippen molar-refractivity contribution in [3.05, 3.63) is 12.2 Å². The number of unbranched alkanes of at least 4 members (excludes halogenated alkanes) is 28. The first kappa shape index (κ1) is 54.7. The standard InChI is InChI=1S/C45H87O10P/c1-3-5-7-9-11-13-15-16-17-18-19-20-21-22-23-24-25-26-27-29-31-33-35-37-45(49)55-43(41-54-56(50,51)53-39-42(47)38-46)40-52-44(48)36-34-32-30-28-14-12-10-8-6-4-2/h29,31,42-43,46-47H,3-28,30,32-41H2,1-2H3,(H,50,51)/b31-29+/t42-,43+/m0/s1. The number of phosphoric ester groups is 1. The van der Waals surface area contributed by atoms with E-state index in [0.29, 0.717) is 12.8 Å². The molecule has 332 valence electrons. The lowest BCUT2D eigenvalue weighted by molar-refractivity contribution is -0.161. The molecule has 10 nitrogen and oxygen atoms in total. The van der Waals surface area contributed by atoms with Crippen LogP contribution in [0.5, 0.6) is 0 Å². The van der Waals surface area contributed by atoms with Crippen molar-refractivity contribution in [2.75, 3.05) is 26.4 Å². The lowest BCUT2D eigenvalue weighted by Crippen LogP contribution is -2.29. The third kappa shape index (κ3) is 40.9. The van der Waals surface area contributed by atoms with Crippen LogP contribution in [0.2, 0.25) is 0 Å². The zero-order chi connectivity index (χ0) is 41.2. The maximum Gasteiger partial charge on any atom is 0.472 e. The number of phosphoric acid groups is 1. The molecule has 0 rings (SSSR count). The minimum atomic E-state index is -4.62. The predicted molar refractivity (Wildman–Crippen MR) is 229 cm³/mol. The first-order valence-corrected chi connectivity index (χ1v) is 24.6. The Kier molecular flexibility index (Phi) is 40.9. The highest BCUT2D eigenvalue weighted by atomic mass is 31.2. The van der Waals surface area contributed by atoms with Crippen molar-refractivity contribution in [1.29, 1.82) is 0 Å². The van der Waals surface area contributed by atoms with Gasteiger partial charge in [0.05, 0.1) is 19.8 Å². The van der Waals surface area contributed by atoms with Gasteiger partial charge in [0.1, 0.15) is 12.7 Å². The van der Waals surface area contributed by atoms with Gasteiger partial charge < -0.3 is 24.6 Å². The molecule has 0 amide bonds. The highest BCUT2D eigenvalue weighted by Crippen LogP contribution is 2.43. The fourth-order valence-electron chi connectivity index (χ4n) is 6.59. The molecular weight excluding hydrogens is 731 g/mol. The summed E-state index contributed by atoms with van der Waals surface area (Å²) >= 11 is 0. The quantitative estimate of drug-likeness (QED) is 0.0235. The van der Waals surface area contributed by atoms with Gasteiger partial charge in [0.2, 0.25) is 0 Å². The predicted octanol–water partition coefficient (Wildman–Crippen LogP) is 12.4. The summed E-state index contributed by atoms with van der Waals surface area (Å²) in [5.41, 5.74) is 0. The Balaban J connectivity index is 4.15. The third-order valence-corrected chi connectivity index (χ3v) is 11.1. The van der Waals surface area contributed by atoms with E-state index in [2.05, 4.69) is 30.5 Å². The van der Waals surface area contributed by atoms with Crippen LogP contribution in [0, 0.1) is 0 Å². The summed E-state index contributed by atoms with van der Waals surface area (Å²) in [6.45, 7) is 2.37. The van der Waals surface area contributed by atoms with Gasteiger partial charge in [0.15, 0.2) is 6.10 Å². The molecule has 0 aromatic heterocycles. The Morgan fingerprint density at radius 3 is 1.34 bits per heavy atom. The van der Waals surface area contributed by atoms with Crippen molar-refractivity contribution >= 4 is 19.8 Å². The summed E-state index contributed by atoms with van der Waals surface area (Å²) in [7, 11) is -4.62. The van der Waals surface area contributed by atoms with Crippen LogP contribution in [0.3, 0.4) is 0 Å². The Hall–Kier alpha value is -1.29. The van der Waals surface area contributed by atoms with E-state index in [1.54, 1.807) is 0 Å². The van der Waals surface area contributed by atoms with E-state index < -0.39 is 51.8 Å².